The van der Waals surface area contributed by atoms with Crippen molar-refractivity contribution in [2.24, 2.45) is 11.7 Å². The predicted octanol–water partition coefficient (Wildman–Crippen LogP) is 2.12. The molecule has 1 unspecified atom stereocenters. The number of benzene rings is 1. The second-order valence-electron chi connectivity index (χ2n) is 5.94. The van der Waals surface area contributed by atoms with Gasteiger partial charge in [0.1, 0.15) is 11.8 Å². The molecule has 1 aromatic carbocycles. The Labute approximate surface area is 156 Å². The molecule has 1 rings (SSSR count). The SMILES string of the molecule is CCOc1ccc(C(=O)NC(C(=O)NCCCCN)C(C)C)cc1.Cl. The summed E-state index contributed by atoms with van der Waals surface area (Å²) in [5.74, 6) is 0.272. The first-order chi connectivity index (χ1) is 11.5. The van der Waals surface area contributed by atoms with Crippen molar-refractivity contribution < 1.29 is 14.3 Å². The molecule has 142 valence electrons. The Morgan fingerprint density at radius 3 is 2.32 bits per heavy atom. The summed E-state index contributed by atoms with van der Waals surface area (Å²) in [5, 5.41) is 5.66. The highest BCUT2D eigenvalue weighted by molar-refractivity contribution is 5.97. The normalized spacial score (nSPS) is 11.4. The van der Waals surface area contributed by atoms with E-state index >= 15 is 0 Å². The summed E-state index contributed by atoms with van der Waals surface area (Å²) in [6, 6.07) is 6.31. The molecule has 0 bridgehead atoms. The molecule has 1 aromatic rings. The third kappa shape index (κ3) is 8.23. The smallest absolute Gasteiger partial charge is 0.251 e. The van der Waals surface area contributed by atoms with Gasteiger partial charge in [0.05, 0.1) is 6.61 Å². The minimum absolute atomic E-state index is 0. The van der Waals surface area contributed by atoms with Crippen LogP contribution in [0.15, 0.2) is 24.3 Å². The van der Waals surface area contributed by atoms with Crippen LogP contribution < -0.4 is 21.1 Å². The Kier molecular flexibility index (Phi) is 11.7. The largest absolute Gasteiger partial charge is 0.494 e. The summed E-state index contributed by atoms with van der Waals surface area (Å²) in [7, 11) is 0. The van der Waals surface area contributed by atoms with Gasteiger partial charge in [0, 0.05) is 12.1 Å². The van der Waals surface area contributed by atoms with E-state index in [1.807, 2.05) is 20.8 Å². The molecule has 4 N–H and O–H groups in total. The lowest BCUT2D eigenvalue weighted by molar-refractivity contribution is -0.123. The highest BCUT2D eigenvalue weighted by Crippen LogP contribution is 2.13. The maximum Gasteiger partial charge on any atom is 0.251 e. The molecule has 25 heavy (non-hydrogen) atoms. The number of nitrogens with two attached hydrogens (primary N) is 1. The van der Waals surface area contributed by atoms with Crippen LogP contribution in [0.4, 0.5) is 0 Å². The van der Waals surface area contributed by atoms with Gasteiger partial charge in [0.15, 0.2) is 0 Å². The van der Waals surface area contributed by atoms with Crippen molar-refractivity contribution in [2.45, 2.75) is 39.7 Å². The summed E-state index contributed by atoms with van der Waals surface area (Å²) in [6.45, 7) is 7.46. The first-order valence-electron chi connectivity index (χ1n) is 8.51. The molecule has 0 aliphatic rings. The Hall–Kier alpha value is -1.79. The molecular formula is C18H30ClN3O3. The van der Waals surface area contributed by atoms with Gasteiger partial charge in [0.2, 0.25) is 5.91 Å². The van der Waals surface area contributed by atoms with E-state index in [2.05, 4.69) is 10.6 Å². The highest BCUT2D eigenvalue weighted by atomic mass is 35.5. The van der Waals surface area contributed by atoms with Crippen molar-refractivity contribution in [1.82, 2.24) is 10.6 Å². The summed E-state index contributed by atoms with van der Waals surface area (Å²) in [4.78, 5) is 24.6. The molecule has 0 aromatic heterocycles. The lowest BCUT2D eigenvalue weighted by Gasteiger charge is -2.21. The first-order valence-corrected chi connectivity index (χ1v) is 8.51. The zero-order valence-corrected chi connectivity index (χ0v) is 16.0. The van der Waals surface area contributed by atoms with Crippen LogP contribution in [0.25, 0.3) is 0 Å². The van der Waals surface area contributed by atoms with Gasteiger partial charge in [-0.25, -0.2) is 0 Å². The molecule has 0 heterocycles. The Morgan fingerprint density at radius 1 is 1.16 bits per heavy atom. The number of unbranched alkanes of at least 4 members (excludes halogenated alkanes) is 1. The van der Waals surface area contributed by atoms with Crippen LogP contribution in [0.1, 0.15) is 44.0 Å². The second-order valence-corrected chi connectivity index (χ2v) is 5.94. The summed E-state index contributed by atoms with van der Waals surface area (Å²) in [5.41, 5.74) is 5.93. The van der Waals surface area contributed by atoms with Gasteiger partial charge in [0.25, 0.3) is 5.91 Å². The fourth-order valence-electron chi connectivity index (χ4n) is 2.22. The van der Waals surface area contributed by atoms with E-state index in [9.17, 15) is 9.59 Å². The van der Waals surface area contributed by atoms with Gasteiger partial charge in [-0.1, -0.05) is 13.8 Å². The first kappa shape index (κ1) is 23.2. The van der Waals surface area contributed by atoms with Crippen molar-refractivity contribution >= 4 is 24.2 Å². The number of rotatable bonds is 10. The monoisotopic (exact) mass is 371 g/mol. The van der Waals surface area contributed by atoms with Crippen molar-refractivity contribution in [3.05, 3.63) is 29.8 Å². The number of hydrogen-bond acceptors (Lipinski definition) is 4. The Bertz CT molecular complexity index is 521. The number of ether oxygens (including phenoxy) is 1. The van der Waals surface area contributed by atoms with Gasteiger partial charge in [-0.3, -0.25) is 9.59 Å². The van der Waals surface area contributed by atoms with Gasteiger partial charge in [-0.15, -0.1) is 12.4 Å². The third-order valence-electron chi connectivity index (χ3n) is 3.59. The quantitative estimate of drug-likeness (QED) is 0.549. The van der Waals surface area contributed by atoms with Crippen LogP contribution in [0, 0.1) is 5.92 Å². The van der Waals surface area contributed by atoms with Crippen molar-refractivity contribution in [3.63, 3.8) is 0 Å². The Morgan fingerprint density at radius 2 is 1.80 bits per heavy atom. The van der Waals surface area contributed by atoms with E-state index in [0.29, 0.717) is 31.0 Å². The lowest BCUT2D eigenvalue weighted by Crippen LogP contribution is -2.49. The summed E-state index contributed by atoms with van der Waals surface area (Å²) >= 11 is 0. The highest BCUT2D eigenvalue weighted by Gasteiger charge is 2.24. The molecule has 1 atom stereocenters. The fraction of sp³-hybridized carbons (Fsp3) is 0.556. The number of carbonyl (C=O) groups excluding carboxylic acids is 2. The zero-order chi connectivity index (χ0) is 17.9. The van der Waals surface area contributed by atoms with Crippen LogP contribution in [-0.4, -0.2) is 37.6 Å². The molecule has 0 saturated heterocycles. The molecule has 0 fully saturated rings. The van der Waals surface area contributed by atoms with Gasteiger partial charge in [-0.05, 0) is 56.5 Å². The molecule has 7 heteroatoms. The maximum atomic E-state index is 12.4. The Balaban J connectivity index is 0.00000576. The van der Waals surface area contributed by atoms with Crippen LogP contribution in [0.3, 0.4) is 0 Å². The lowest BCUT2D eigenvalue weighted by atomic mass is 10.0. The van der Waals surface area contributed by atoms with Crippen LogP contribution in [0.5, 0.6) is 5.75 Å². The minimum Gasteiger partial charge on any atom is -0.494 e. The molecule has 2 amide bonds. The molecule has 0 aliphatic heterocycles. The maximum absolute atomic E-state index is 12.4. The van der Waals surface area contributed by atoms with E-state index < -0.39 is 6.04 Å². The van der Waals surface area contributed by atoms with Crippen LogP contribution in [-0.2, 0) is 4.79 Å². The van der Waals surface area contributed by atoms with Crippen LogP contribution >= 0.6 is 12.4 Å². The van der Waals surface area contributed by atoms with E-state index in [1.54, 1.807) is 24.3 Å². The van der Waals surface area contributed by atoms with Gasteiger partial charge < -0.3 is 21.1 Å². The second kappa shape index (κ2) is 12.6. The summed E-state index contributed by atoms with van der Waals surface area (Å²) < 4.78 is 5.36. The van der Waals surface area contributed by atoms with Crippen molar-refractivity contribution in [2.75, 3.05) is 19.7 Å². The van der Waals surface area contributed by atoms with Crippen LogP contribution in [0.2, 0.25) is 0 Å². The van der Waals surface area contributed by atoms with Crippen molar-refractivity contribution in [3.8, 4) is 5.75 Å². The molecule has 0 saturated carbocycles. The zero-order valence-electron chi connectivity index (χ0n) is 15.2. The number of halogens is 1. The molecule has 0 radical (unpaired) electrons. The molecule has 6 nitrogen and oxygen atoms in total. The third-order valence-corrected chi connectivity index (χ3v) is 3.59. The molecular weight excluding hydrogens is 342 g/mol. The predicted molar refractivity (Wildman–Crippen MR) is 102 cm³/mol. The standard InChI is InChI=1S/C18H29N3O3.ClH/c1-4-24-15-9-7-14(8-10-15)17(22)21-16(13(2)3)18(23)20-12-6-5-11-19;/h7-10,13,16H,4-6,11-12,19H2,1-3H3,(H,20,23)(H,21,22);1H. The fourth-order valence-corrected chi connectivity index (χ4v) is 2.22. The van der Waals surface area contributed by atoms with Gasteiger partial charge >= 0.3 is 0 Å². The number of nitrogens with one attached hydrogen (secondary N) is 2. The van der Waals surface area contributed by atoms with Gasteiger partial charge in [-0.2, -0.15) is 0 Å². The number of carbonyl (C=O) groups is 2. The van der Waals surface area contributed by atoms with Crippen molar-refractivity contribution in [1.29, 1.82) is 0 Å². The minimum atomic E-state index is -0.568. The average Bonchev–Trinajstić information content (AvgIpc) is 2.57. The summed E-state index contributed by atoms with van der Waals surface area (Å²) in [6.07, 6.45) is 1.70. The van der Waals surface area contributed by atoms with E-state index in [1.165, 1.54) is 0 Å². The van der Waals surface area contributed by atoms with E-state index in [-0.39, 0.29) is 30.1 Å². The topological polar surface area (TPSA) is 93.4 Å². The van der Waals surface area contributed by atoms with E-state index in [0.717, 1.165) is 12.8 Å². The number of hydrogen-bond donors (Lipinski definition) is 3. The average molecular weight is 372 g/mol. The molecule has 0 spiro atoms. The van der Waals surface area contributed by atoms with E-state index in [4.69, 9.17) is 10.5 Å². The molecule has 0 aliphatic carbocycles. The number of amides is 2.